The van der Waals surface area contributed by atoms with Crippen LogP contribution in [-0.4, -0.2) is 31.3 Å². The first-order valence-corrected chi connectivity index (χ1v) is 10.6. The van der Waals surface area contributed by atoms with Gasteiger partial charge in [-0.1, -0.05) is 51.3 Å². The van der Waals surface area contributed by atoms with Gasteiger partial charge in [-0.2, -0.15) is 0 Å². The summed E-state index contributed by atoms with van der Waals surface area (Å²) in [6, 6.07) is 8.29. The fraction of sp³-hybridized carbons (Fsp3) is 0.450. The van der Waals surface area contributed by atoms with Gasteiger partial charge in [-0.25, -0.2) is 13.2 Å². The Morgan fingerprint density at radius 2 is 1.81 bits per heavy atom. The molecule has 1 aromatic carbocycles. The lowest BCUT2D eigenvalue weighted by Crippen LogP contribution is -2.28. The van der Waals surface area contributed by atoms with Crippen molar-refractivity contribution in [1.29, 1.82) is 0 Å². The van der Waals surface area contributed by atoms with E-state index in [9.17, 15) is 13.2 Å². The number of ether oxygens (including phenoxy) is 1. The van der Waals surface area contributed by atoms with Crippen LogP contribution in [0.3, 0.4) is 0 Å². The molecule has 1 aliphatic heterocycles. The third kappa shape index (κ3) is 5.21. The maximum Gasteiger partial charge on any atom is 0.417 e. The van der Waals surface area contributed by atoms with Gasteiger partial charge in [-0.15, -0.1) is 0 Å². The van der Waals surface area contributed by atoms with E-state index in [0.717, 1.165) is 25.7 Å². The second-order valence-corrected chi connectivity index (χ2v) is 8.51. The van der Waals surface area contributed by atoms with Crippen LogP contribution >= 0.6 is 0 Å². The molecule has 1 heterocycles. The Labute approximate surface area is 156 Å². The average molecular weight is 378 g/mol. The molecule has 0 bridgehead atoms. The average Bonchev–Trinajstić information content (AvgIpc) is 2.68. The number of sulfone groups is 1. The minimum Gasteiger partial charge on any atom is -0.449 e. The van der Waals surface area contributed by atoms with Gasteiger partial charge in [-0.05, 0) is 36.6 Å². The van der Waals surface area contributed by atoms with Gasteiger partial charge in [0.15, 0.2) is 9.84 Å². The monoisotopic (exact) mass is 377 g/mol. The third-order valence-corrected chi connectivity index (χ3v) is 6.46. The molecule has 0 aliphatic carbocycles. The molecule has 1 atom stereocenters. The Morgan fingerprint density at radius 1 is 1.15 bits per heavy atom. The number of nitrogens with zero attached hydrogens (tertiary/aromatic N) is 1. The van der Waals surface area contributed by atoms with Gasteiger partial charge in [0, 0.05) is 12.4 Å². The minimum absolute atomic E-state index is 0.261. The standard InChI is InChI=1S/C20H27NO4S/c1-3-5-9-17(4-2)16-25-20(22)21-14-12-19(13-15-21)26(23,24)18-10-7-6-8-11-18/h6-8,10-15,17,19H,3-5,9,16H2,1-2H3. The van der Waals surface area contributed by atoms with E-state index in [1.54, 1.807) is 30.3 Å². The Balaban J connectivity index is 1.93. The lowest BCUT2D eigenvalue weighted by Gasteiger charge is -2.21. The van der Waals surface area contributed by atoms with Gasteiger partial charge < -0.3 is 4.74 Å². The Morgan fingerprint density at radius 3 is 2.38 bits per heavy atom. The number of carbonyl (C=O) groups is 1. The number of rotatable bonds is 8. The van der Waals surface area contributed by atoms with Crippen LogP contribution in [0.5, 0.6) is 0 Å². The lowest BCUT2D eigenvalue weighted by molar-refractivity contribution is 0.106. The maximum absolute atomic E-state index is 12.6. The van der Waals surface area contributed by atoms with Crippen molar-refractivity contribution in [3.8, 4) is 0 Å². The quantitative estimate of drug-likeness (QED) is 0.668. The van der Waals surface area contributed by atoms with E-state index >= 15 is 0 Å². The maximum atomic E-state index is 12.6. The summed E-state index contributed by atoms with van der Waals surface area (Å²) in [7, 11) is -3.50. The van der Waals surface area contributed by atoms with E-state index in [-0.39, 0.29) is 4.90 Å². The molecular weight excluding hydrogens is 350 g/mol. The van der Waals surface area contributed by atoms with Gasteiger partial charge in [0.2, 0.25) is 0 Å². The summed E-state index contributed by atoms with van der Waals surface area (Å²) in [4.78, 5) is 13.7. The highest BCUT2D eigenvalue weighted by Gasteiger charge is 2.26. The predicted octanol–water partition coefficient (Wildman–Crippen LogP) is 4.52. The molecule has 1 unspecified atom stereocenters. The van der Waals surface area contributed by atoms with Crippen molar-refractivity contribution in [2.24, 2.45) is 5.92 Å². The van der Waals surface area contributed by atoms with Crippen molar-refractivity contribution in [2.75, 3.05) is 6.61 Å². The molecule has 0 N–H and O–H groups in total. The van der Waals surface area contributed by atoms with Crippen molar-refractivity contribution in [3.63, 3.8) is 0 Å². The van der Waals surface area contributed by atoms with Crippen LogP contribution in [0.2, 0.25) is 0 Å². The first-order valence-electron chi connectivity index (χ1n) is 9.09. The Kier molecular flexibility index (Phi) is 7.45. The van der Waals surface area contributed by atoms with Crippen LogP contribution in [0.15, 0.2) is 59.8 Å². The molecule has 0 fully saturated rings. The number of carbonyl (C=O) groups excluding carboxylic acids is 1. The molecule has 0 saturated heterocycles. The number of hydrogen-bond donors (Lipinski definition) is 0. The van der Waals surface area contributed by atoms with E-state index in [4.69, 9.17) is 4.74 Å². The van der Waals surface area contributed by atoms with E-state index in [1.165, 1.54) is 29.5 Å². The Hall–Kier alpha value is -2.08. The second-order valence-electron chi connectivity index (χ2n) is 6.41. The topological polar surface area (TPSA) is 63.7 Å². The molecule has 1 aliphatic rings. The van der Waals surface area contributed by atoms with E-state index in [2.05, 4.69) is 13.8 Å². The molecule has 1 amide bonds. The first-order chi connectivity index (χ1) is 12.5. The zero-order valence-electron chi connectivity index (χ0n) is 15.4. The van der Waals surface area contributed by atoms with Crippen LogP contribution < -0.4 is 0 Å². The number of hydrogen-bond acceptors (Lipinski definition) is 4. The summed E-state index contributed by atoms with van der Waals surface area (Å²) in [5.41, 5.74) is 0. The van der Waals surface area contributed by atoms with E-state index in [1.807, 2.05) is 0 Å². The van der Waals surface area contributed by atoms with E-state index < -0.39 is 21.2 Å². The number of benzene rings is 1. The van der Waals surface area contributed by atoms with Crippen LogP contribution in [0.25, 0.3) is 0 Å². The van der Waals surface area contributed by atoms with Crippen LogP contribution in [0, 0.1) is 5.92 Å². The van der Waals surface area contributed by atoms with Gasteiger partial charge >= 0.3 is 6.09 Å². The molecule has 0 radical (unpaired) electrons. The molecule has 1 aromatic rings. The van der Waals surface area contributed by atoms with Crippen LogP contribution in [0.4, 0.5) is 4.79 Å². The van der Waals surface area contributed by atoms with Crippen molar-refractivity contribution >= 4 is 15.9 Å². The van der Waals surface area contributed by atoms with Gasteiger partial charge in [0.25, 0.3) is 0 Å². The summed E-state index contributed by atoms with van der Waals surface area (Å²) >= 11 is 0. The molecular formula is C20H27NO4S. The molecule has 6 heteroatoms. The highest BCUT2D eigenvalue weighted by atomic mass is 32.2. The number of amides is 1. The van der Waals surface area contributed by atoms with E-state index in [0.29, 0.717) is 12.5 Å². The smallest absolute Gasteiger partial charge is 0.417 e. The SMILES string of the molecule is CCCCC(CC)COC(=O)N1C=CC(S(=O)(=O)c2ccccc2)C=C1. The second kappa shape index (κ2) is 9.57. The third-order valence-electron chi connectivity index (χ3n) is 4.50. The first kappa shape index (κ1) is 20.2. The lowest BCUT2D eigenvalue weighted by atomic mass is 10.0. The molecule has 0 aromatic heterocycles. The summed E-state index contributed by atoms with van der Waals surface area (Å²) in [6.07, 6.45) is 9.69. The molecule has 0 spiro atoms. The van der Waals surface area contributed by atoms with Crippen LogP contribution in [-0.2, 0) is 14.6 Å². The molecule has 5 nitrogen and oxygen atoms in total. The zero-order chi connectivity index (χ0) is 19.0. The highest BCUT2D eigenvalue weighted by molar-refractivity contribution is 7.92. The molecule has 142 valence electrons. The van der Waals surface area contributed by atoms with Crippen molar-refractivity contribution in [2.45, 2.75) is 49.7 Å². The highest BCUT2D eigenvalue weighted by Crippen LogP contribution is 2.21. The fourth-order valence-corrected chi connectivity index (χ4v) is 4.13. The summed E-state index contributed by atoms with van der Waals surface area (Å²) in [6.45, 7) is 4.62. The summed E-state index contributed by atoms with van der Waals surface area (Å²) in [5.74, 6) is 0.364. The minimum atomic E-state index is -3.50. The normalized spacial score (nSPS) is 15.8. The predicted molar refractivity (Wildman–Crippen MR) is 102 cm³/mol. The Bertz CT molecular complexity index is 726. The molecule has 26 heavy (non-hydrogen) atoms. The van der Waals surface area contributed by atoms with Crippen molar-refractivity contribution in [1.82, 2.24) is 4.90 Å². The number of unbranched alkanes of at least 4 members (excludes halogenated alkanes) is 1. The van der Waals surface area contributed by atoms with Crippen LogP contribution in [0.1, 0.15) is 39.5 Å². The van der Waals surface area contributed by atoms with Gasteiger partial charge in [0.05, 0.1) is 11.5 Å². The van der Waals surface area contributed by atoms with Gasteiger partial charge in [-0.3, -0.25) is 4.90 Å². The van der Waals surface area contributed by atoms with Gasteiger partial charge in [0.1, 0.15) is 5.25 Å². The largest absolute Gasteiger partial charge is 0.449 e. The van der Waals surface area contributed by atoms with Crippen molar-refractivity contribution in [3.05, 3.63) is 54.9 Å². The molecule has 0 saturated carbocycles. The zero-order valence-corrected chi connectivity index (χ0v) is 16.2. The summed E-state index contributed by atoms with van der Waals surface area (Å²) < 4.78 is 30.5. The van der Waals surface area contributed by atoms with Crippen molar-refractivity contribution < 1.29 is 17.9 Å². The summed E-state index contributed by atoms with van der Waals surface area (Å²) in [5, 5.41) is -0.790. The molecule has 2 rings (SSSR count). The fourth-order valence-electron chi connectivity index (χ4n) is 2.73.